The Kier molecular flexibility index (Phi) is 7.73. The second-order valence-electron chi connectivity index (χ2n) is 7.23. The first-order valence-electron chi connectivity index (χ1n) is 9.17. The van der Waals surface area contributed by atoms with Crippen molar-refractivity contribution in [2.24, 2.45) is 11.8 Å². The largest absolute Gasteiger partial charge is 0.301 e. The lowest BCUT2D eigenvalue weighted by atomic mass is 9.82. The summed E-state index contributed by atoms with van der Waals surface area (Å²) < 4.78 is 28.6. The van der Waals surface area contributed by atoms with E-state index in [2.05, 4.69) is 23.6 Å². The lowest BCUT2D eigenvalue weighted by Crippen LogP contribution is -2.55. The molecule has 2 heterocycles. The van der Waals surface area contributed by atoms with Crippen LogP contribution in [0.25, 0.3) is 0 Å². The summed E-state index contributed by atoms with van der Waals surface area (Å²) in [6.45, 7) is 15.2. The summed E-state index contributed by atoms with van der Waals surface area (Å²) in [4.78, 5) is 4.52. The van der Waals surface area contributed by atoms with Gasteiger partial charge in [-0.25, -0.2) is 8.78 Å². The van der Waals surface area contributed by atoms with Gasteiger partial charge in [-0.15, -0.1) is 0 Å². The molecule has 0 amide bonds. The fraction of sp³-hybridized carbons (Fsp3) is 1.00. The zero-order chi connectivity index (χ0) is 16.9. The lowest BCUT2D eigenvalue weighted by molar-refractivity contribution is -0.136. The molecule has 132 valence electrons. The van der Waals surface area contributed by atoms with Crippen molar-refractivity contribution in [2.75, 3.05) is 26.2 Å². The highest BCUT2D eigenvalue weighted by Crippen LogP contribution is 2.39. The maximum atomic E-state index is 14.3. The van der Waals surface area contributed by atoms with E-state index < -0.39 is 11.8 Å². The van der Waals surface area contributed by atoms with Crippen LogP contribution in [0.15, 0.2) is 0 Å². The van der Waals surface area contributed by atoms with Crippen LogP contribution in [-0.2, 0) is 0 Å². The van der Waals surface area contributed by atoms with Crippen LogP contribution >= 0.6 is 0 Å². The Morgan fingerprint density at radius 3 is 1.86 bits per heavy atom. The second-order valence-corrected chi connectivity index (χ2v) is 7.23. The van der Waals surface area contributed by atoms with E-state index in [1.807, 2.05) is 27.7 Å². The molecule has 2 nitrogen and oxygen atoms in total. The molecule has 2 aliphatic heterocycles. The lowest BCUT2D eigenvalue weighted by Gasteiger charge is -2.46. The summed E-state index contributed by atoms with van der Waals surface area (Å²) in [5.41, 5.74) is 0. The van der Waals surface area contributed by atoms with E-state index in [-0.39, 0.29) is 12.5 Å². The zero-order valence-electron chi connectivity index (χ0n) is 15.4. The van der Waals surface area contributed by atoms with Gasteiger partial charge in [0.2, 0.25) is 0 Å². The molecule has 2 aliphatic rings. The van der Waals surface area contributed by atoms with Crippen molar-refractivity contribution in [3.63, 3.8) is 0 Å². The molecule has 0 aromatic rings. The summed E-state index contributed by atoms with van der Waals surface area (Å²) in [5.74, 6) is -2.87. The maximum absolute atomic E-state index is 14.3. The average Bonchev–Trinajstić information content (AvgIpc) is 2.48. The number of piperidine rings is 2. The predicted molar refractivity (Wildman–Crippen MR) is 90.5 cm³/mol. The van der Waals surface area contributed by atoms with E-state index in [1.54, 1.807) is 0 Å². The maximum Gasteiger partial charge on any atom is 0.263 e. The molecular formula is C18H36F2N2. The number of rotatable bonds is 3. The second kappa shape index (κ2) is 8.58. The Morgan fingerprint density at radius 1 is 0.909 bits per heavy atom. The summed E-state index contributed by atoms with van der Waals surface area (Å²) in [6.07, 6.45) is 2.73. The van der Waals surface area contributed by atoms with Gasteiger partial charge in [0.1, 0.15) is 0 Å². The third kappa shape index (κ3) is 4.89. The van der Waals surface area contributed by atoms with Crippen molar-refractivity contribution < 1.29 is 8.78 Å². The van der Waals surface area contributed by atoms with Crippen molar-refractivity contribution in [1.82, 2.24) is 9.80 Å². The van der Waals surface area contributed by atoms with Gasteiger partial charge in [0.15, 0.2) is 0 Å². The Bertz CT molecular complexity index is 310. The van der Waals surface area contributed by atoms with Crippen LogP contribution in [0.1, 0.15) is 60.8 Å². The minimum Gasteiger partial charge on any atom is -0.301 e. The van der Waals surface area contributed by atoms with Gasteiger partial charge in [-0.1, -0.05) is 27.7 Å². The van der Waals surface area contributed by atoms with E-state index in [0.717, 1.165) is 32.5 Å². The molecule has 0 bridgehead atoms. The SMILES string of the molecule is CC.CC(C)C1CCN(C2CCN(C(C)C)CC2)CC1(F)F. The highest BCUT2D eigenvalue weighted by atomic mass is 19.3. The predicted octanol–water partition coefficient (Wildman–Crippen LogP) is 4.50. The molecule has 1 unspecified atom stereocenters. The molecule has 4 heteroatoms. The summed E-state index contributed by atoms with van der Waals surface area (Å²) in [6, 6.07) is 0.938. The third-order valence-electron chi connectivity index (χ3n) is 5.23. The molecule has 2 fully saturated rings. The molecule has 0 aliphatic carbocycles. The van der Waals surface area contributed by atoms with Gasteiger partial charge < -0.3 is 4.90 Å². The molecule has 2 rings (SSSR count). The highest BCUT2D eigenvalue weighted by Gasteiger charge is 2.47. The average molecular weight is 318 g/mol. The van der Waals surface area contributed by atoms with Crippen LogP contribution in [0.3, 0.4) is 0 Å². The van der Waals surface area contributed by atoms with Gasteiger partial charge in [0, 0.05) is 18.0 Å². The molecule has 0 N–H and O–H groups in total. The molecule has 0 aromatic heterocycles. The van der Waals surface area contributed by atoms with Gasteiger partial charge in [-0.2, -0.15) is 0 Å². The summed E-state index contributed by atoms with van der Waals surface area (Å²) >= 11 is 0. The number of nitrogens with zero attached hydrogens (tertiary/aromatic N) is 2. The molecule has 0 aromatic carbocycles. The van der Waals surface area contributed by atoms with Crippen LogP contribution < -0.4 is 0 Å². The van der Waals surface area contributed by atoms with E-state index >= 15 is 0 Å². The van der Waals surface area contributed by atoms with Crippen LogP contribution in [-0.4, -0.2) is 54.0 Å². The first-order valence-corrected chi connectivity index (χ1v) is 9.17. The fourth-order valence-corrected chi connectivity index (χ4v) is 3.88. The standard InChI is InChI=1S/C16H30F2N2.C2H6/c1-12(2)15-7-10-20(11-16(15,17)18)14-5-8-19(9-6-14)13(3)4;1-2/h12-15H,5-11H2,1-4H3;1-2H3. The van der Waals surface area contributed by atoms with Crippen LogP contribution in [0.4, 0.5) is 8.78 Å². The van der Waals surface area contributed by atoms with Gasteiger partial charge in [-0.05, 0) is 58.7 Å². The Morgan fingerprint density at radius 2 is 1.45 bits per heavy atom. The Hall–Kier alpha value is -0.220. The minimum atomic E-state index is -2.51. The number of halogens is 2. The first-order chi connectivity index (χ1) is 10.3. The van der Waals surface area contributed by atoms with Crippen molar-refractivity contribution in [3.05, 3.63) is 0 Å². The van der Waals surface area contributed by atoms with E-state index in [1.165, 1.54) is 0 Å². The van der Waals surface area contributed by atoms with Crippen LogP contribution in [0.2, 0.25) is 0 Å². The zero-order valence-corrected chi connectivity index (χ0v) is 15.4. The van der Waals surface area contributed by atoms with Gasteiger partial charge in [0.05, 0.1) is 6.54 Å². The molecule has 1 atom stereocenters. The Balaban J connectivity index is 0.00000116. The number of alkyl halides is 2. The van der Waals surface area contributed by atoms with E-state index in [0.29, 0.717) is 18.5 Å². The van der Waals surface area contributed by atoms with Crippen molar-refractivity contribution >= 4 is 0 Å². The van der Waals surface area contributed by atoms with Crippen LogP contribution in [0.5, 0.6) is 0 Å². The Labute approximate surface area is 136 Å². The molecule has 2 saturated heterocycles. The third-order valence-corrected chi connectivity index (χ3v) is 5.23. The summed E-state index contributed by atoms with van der Waals surface area (Å²) in [7, 11) is 0. The normalized spacial score (nSPS) is 27.8. The first kappa shape index (κ1) is 19.8. The highest BCUT2D eigenvalue weighted by molar-refractivity contribution is 4.92. The van der Waals surface area contributed by atoms with Gasteiger partial charge in [0.25, 0.3) is 5.92 Å². The smallest absolute Gasteiger partial charge is 0.263 e. The van der Waals surface area contributed by atoms with E-state index in [9.17, 15) is 8.78 Å². The van der Waals surface area contributed by atoms with Crippen molar-refractivity contribution in [3.8, 4) is 0 Å². The van der Waals surface area contributed by atoms with Crippen LogP contribution in [0, 0.1) is 11.8 Å². The van der Waals surface area contributed by atoms with Gasteiger partial charge >= 0.3 is 0 Å². The summed E-state index contributed by atoms with van der Waals surface area (Å²) in [5, 5.41) is 0. The molecular weight excluding hydrogens is 282 g/mol. The van der Waals surface area contributed by atoms with Gasteiger partial charge in [-0.3, -0.25) is 4.90 Å². The quantitative estimate of drug-likeness (QED) is 0.756. The number of hydrogen-bond donors (Lipinski definition) is 0. The minimum absolute atomic E-state index is 0.0256. The topological polar surface area (TPSA) is 6.48 Å². The molecule has 0 saturated carbocycles. The van der Waals surface area contributed by atoms with Crippen molar-refractivity contribution in [1.29, 1.82) is 0 Å². The van der Waals surface area contributed by atoms with E-state index in [4.69, 9.17) is 0 Å². The number of likely N-dealkylation sites (tertiary alicyclic amines) is 2. The molecule has 22 heavy (non-hydrogen) atoms. The molecule has 0 spiro atoms. The molecule has 0 radical (unpaired) electrons. The monoisotopic (exact) mass is 318 g/mol. The van der Waals surface area contributed by atoms with Crippen molar-refractivity contribution in [2.45, 2.75) is 78.8 Å². The number of hydrogen-bond acceptors (Lipinski definition) is 2. The fourth-order valence-electron chi connectivity index (χ4n) is 3.88.